The summed E-state index contributed by atoms with van der Waals surface area (Å²) >= 11 is 0. The molecular formula is C18H26N2O3. The van der Waals surface area contributed by atoms with Gasteiger partial charge >= 0.3 is 5.97 Å². The minimum Gasteiger partial charge on any atom is -0.465 e. The predicted octanol–water partition coefficient (Wildman–Crippen LogP) is 2.91. The van der Waals surface area contributed by atoms with E-state index in [9.17, 15) is 9.59 Å². The number of esters is 1. The first-order valence-electron chi connectivity index (χ1n) is 8.23. The lowest BCUT2D eigenvalue weighted by Gasteiger charge is -2.31. The zero-order valence-corrected chi connectivity index (χ0v) is 14.2. The van der Waals surface area contributed by atoms with Gasteiger partial charge in [-0.1, -0.05) is 20.8 Å². The highest BCUT2D eigenvalue weighted by molar-refractivity contribution is 5.94. The number of pyridine rings is 1. The van der Waals surface area contributed by atoms with Gasteiger partial charge in [0, 0.05) is 31.0 Å². The van der Waals surface area contributed by atoms with Crippen LogP contribution in [0, 0.1) is 11.3 Å². The van der Waals surface area contributed by atoms with Gasteiger partial charge in [-0.15, -0.1) is 0 Å². The van der Waals surface area contributed by atoms with Crippen molar-refractivity contribution in [2.45, 2.75) is 40.0 Å². The van der Waals surface area contributed by atoms with E-state index in [1.807, 2.05) is 0 Å². The van der Waals surface area contributed by atoms with Gasteiger partial charge in [0.15, 0.2) is 0 Å². The van der Waals surface area contributed by atoms with E-state index in [1.165, 1.54) is 0 Å². The largest absolute Gasteiger partial charge is 0.465 e. The van der Waals surface area contributed by atoms with Crippen LogP contribution in [0.15, 0.2) is 24.5 Å². The third-order valence-electron chi connectivity index (χ3n) is 4.07. The van der Waals surface area contributed by atoms with Crippen molar-refractivity contribution in [3.05, 3.63) is 30.1 Å². The number of ether oxygens (including phenoxy) is 1. The topological polar surface area (TPSA) is 59.5 Å². The molecule has 1 aliphatic heterocycles. The fourth-order valence-electron chi connectivity index (χ4n) is 2.61. The molecule has 0 radical (unpaired) electrons. The minimum atomic E-state index is -0.213. The first kappa shape index (κ1) is 17.4. The summed E-state index contributed by atoms with van der Waals surface area (Å²) < 4.78 is 5.40. The molecule has 1 aromatic rings. The lowest BCUT2D eigenvalue weighted by Crippen LogP contribution is -2.42. The first-order valence-corrected chi connectivity index (χ1v) is 8.23. The summed E-state index contributed by atoms with van der Waals surface area (Å²) in [5, 5.41) is 0. The molecule has 0 bridgehead atoms. The highest BCUT2D eigenvalue weighted by Crippen LogP contribution is 2.22. The summed E-state index contributed by atoms with van der Waals surface area (Å²) in [5.41, 5.74) is 0.762. The quantitative estimate of drug-likeness (QED) is 0.801. The zero-order valence-electron chi connectivity index (χ0n) is 14.2. The van der Waals surface area contributed by atoms with Crippen LogP contribution in [-0.2, 0) is 9.53 Å². The van der Waals surface area contributed by atoms with Gasteiger partial charge in [-0.05, 0) is 36.8 Å². The number of carbonyl (C=O) groups is 2. The van der Waals surface area contributed by atoms with Crippen LogP contribution in [-0.4, -0.2) is 41.5 Å². The second-order valence-corrected chi connectivity index (χ2v) is 7.30. The van der Waals surface area contributed by atoms with Crippen LogP contribution in [0.25, 0.3) is 0 Å². The summed E-state index contributed by atoms with van der Waals surface area (Å²) in [6, 6.07) is 3.40. The van der Waals surface area contributed by atoms with Gasteiger partial charge in [0.25, 0.3) is 5.91 Å². The molecule has 0 unspecified atom stereocenters. The van der Waals surface area contributed by atoms with E-state index in [4.69, 9.17) is 4.74 Å². The molecule has 0 aliphatic carbocycles. The van der Waals surface area contributed by atoms with Crippen molar-refractivity contribution in [3.8, 4) is 0 Å². The van der Waals surface area contributed by atoms with E-state index in [0.29, 0.717) is 25.3 Å². The Kier molecular flexibility index (Phi) is 5.74. The molecule has 0 spiro atoms. The number of likely N-dealkylation sites (tertiary alicyclic amines) is 1. The fourth-order valence-corrected chi connectivity index (χ4v) is 2.61. The molecule has 5 heteroatoms. The number of amides is 1. The normalized spacial score (nSPS) is 18.6. The standard InChI is InChI=1S/C18H26N2O3/c1-18(2,3)8-12-23-17(22)15-5-4-11-20(13-15)16(21)14-6-9-19-10-7-14/h6-7,9-10,15H,4-5,8,11-13H2,1-3H3/t15-/m1/s1. The number of carbonyl (C=O) groups excluding carboxylic acids is 2. The minimum absolute atomic E-state index is 0.0420. The second-order valence-electron chi connectivity index (χ2n) is 7.30. The summed E-state index contributed by atoms with van der Waals surface area (Å²) in [7, 11) is 0. The highest BCUT2D eigenvalue weighted by Gasteiger charge is 2.30. The van der Waals surface area contributed by atoms with Gasteiger partial charge in [-0.25, -0.2) is 0 Å². The Morgan fingerprint density at radius 1 is 1.30 bits per heavy atom. The first-order chi connectivity index (χ1) is 10.9. The Labute approximate surface area is 138 Å². The molecule has 5 nitrogen and oxygen atoms in total. The summed E-state index contributed by atoms with van der Waals surface area (Å²) in [5.74, 6) is -0.435. The van der Waals surface area contributed by atoms with E-state index in [-0.39, 0.29) is 23.2 Å². The summed E-state index contributed by atoms with van der Waals surface area (Å²) in [6.07, 6.45) is 5.67. The Balaban J connectivity index is 1.88. The van der Waals surface area contributed by atoms with Crippen LogP contribution in [0.5, 0.6) is 0 Å². The zero-order chi connectivity index (χ0) is 16.9. The van der Waals surface area contributed by atoms with Crippen LogP contribution in [0.3, 0.4) is 0 Å². The Morgan fingerprint density at radius 3 is 2.65 bits per heavy atom. The molecule has 0 N–H and O–H groups in total. The number of nitrogens with zero attached hydrogens (tertiary/aromatic N) is 2. The molecule has 1 atom stereocenters. The van der Waals surface area contributed by atoms with E-state index in [0.717, 1.165) is 19.3 Å². The molecule has 1 aromatic heterocycles. The van der Waals surface area contributed by atoms with Gasteiger partial charge in [0.05, 0.1) is 12.5 Å². The molecule has 0 aromatic carbocycles. The van der Waals surface area contributed by atoms with Crippen LogP contribution in [0.4, 0.5) is 0 Å². The average Bonchev–Trinajstić information content (AvgIpc) is 2.54. The van der Waals surface area contributed by atoms with Crippen molar-refractivity contribution in [2.24, 2.45) is 11.3 Å². The molecule has 1 fully saturated rings. The summed E-state index contributed by atoms with van der Waals surface area (Å²) in [4.78, 5) is 30.3. The number of hydrogen-bond acceptors (Lipinski definition) is 4. The molecule has 1 aliphatic rings. The Morgan fingerprint density at radius 2 is 2.00 bits per heavy atom. The Hall–Kier alpha value is -1.91. The van der Waals surface area contributed by atoms with Crippen LogP contribution < -0.4 is 0 Å². The van der Waals surface area contributed by atoms with Crippen molar-refractivity contribution < 1.29 is 14.3 Å². The predicted molar refractivity (Wildman–Crippen MR) is 87.9 cm³/mol. The van der Waals surface area contributed by atoms with Crippen LogP contribution in [0.1, 0.15) is 50.4 Å². The van der Waals surface area contributed by atoms with Crippen LogP contribution >= 0.6 is 0 Å². The molecule has 2 rings (SSSR count). The number of aromatic nitrogens is 1. The maximum absolute atomic E-state index is 12.5. The molecule has 1 amide bonds. The molecule has 1 saturated heterocycles. The molecule has 126 valence electrons. The highest BCUT2D eigenvalue weighted by atomic mass is 16.5. The number of rotatable bonds is 4. The molecule has 23 heavy (non-hydrogen) atoms. The van der Waals surface area contributed by atoms with E-state index in [1.54, 1.807) is 29.4 Å². The van der Waals surface area contributed by atoms with E-state index >= 15 is 0 Å². The van der Waals surface area contributed by atoms with E-state index in [2.05, 4.69) is 25.8 Å². The lowest BCUT2D eigenvalue weighted by molar-refractivity contribution is -0.150. The van der Waals surface area contributed by atoms with Crippen molar-refractivity contribution in [1.29, 1.82) is 0 Å². The monoisotopic (exact) mass is 318 g/mol. The van der Waals surface area contributed by atoms with Gasteiger partial charge in [0.1, 0.15) is 0 Å². The number of hydrogen-bond donors (Lipinski definition) is 0. The second kappa shape index (κ2) is 7.57. The van der Waals surface area contributed by atoms with Crippen molar-refractivity contribution in [2.75, 3.05) is 19.7 Å². The average molecular weight is 318 g/mol. The van der Waals surface area contributed by atoms with Crippen molar-refractivity contribution in [3.63, 3.8) is 0 Å². The lowest BCUT2D eigenvalue weighted by atomic mass is 9.93. The maximum Gasteiger partial charge on any atom is 0.310 e. The Bertz CT molecular complexity index is 537. The van der Waals surface area contributed by atoms with Crippen LogP contribution in [0.2, 0.25) is 0 Å². The molecular weight excluding hydrogens is 292 g/mol. The third-order valence-corrected chi connectivity index (χ3v) is 4.07. The molecule has 2 heterocycles. The number of piperidine rings is 1. The third kappa shape index (κ3) is 5.34. The van der Waals surface area contributed by atoms with Crippen molar-refractivity contribution >= 4 is 11.9 Å². The summed E-state index contributed by atoms with van der Waals surface area (Å²) in [6.45, 7) is 7.93. The fraction of sp³-hybridized carbons (Fsp3) is 0.611. The van der Waals surface area contributed by atoms with Gasteiger partial charge < -0.3 is 9.64 Å². The van der Waals surface area contributed by atoms with Crippen molar-refractivity contribution in [1.82, 2.24) is 9.88 Å². The van der Waals surface area contributed by atoms with Gasteiger partial charge in [0.2, 0.25) is 0 Å². The molecule has 0 saturated carbocycles. The smallest absolute Gasteiger partial charge is 0.310 e. The van der Waals surface area contributed by atoms with E-state index < -0.39 is 0 Å². The SMILES string of the molecule is CC(C)(C)CCOC(=O)[C@@H]1CCCN(C(=O)c2ccncc2)C1. The maximum atomic E-state index is 12.5. The van der Waals surface area contributed by atoms with Gasteiger partial charge in [-0.2, -0.15) is 0 Å². The van der Waals surface area contributed by atoms with Gasteiger partial charge in [-0.3, -0.25) is 14.6 Å².